The molecule has 2 N–H and O–H groups in total. The Morgan fingerprint density at radius 2 is 1.80 bits per heavy atom. The Balaban J connectivity index is 1.90. The van der Waals surface area contributed by atoms with E-state index in [4.69, 9.17) is 0 Å². The molecule has 2 rings (SSSR count). The maximum absolute atomic E-state index is 11.9. The van der Waals surface area contributed by atoms with E-state index in [1.807, 2.05) is 43.3 Å². The third-order valence-electron chi connectivity index (χ3n) is 2.69. The average Bonchev–Trinajstić information content (AvgIpc) is 2.84. The van der Waals surface area contributed by atoms with Crippen molar-refractivity contribution in [3.8, 4) is 0 Å². The Bertz CT molecular complexity index is 617. The number of rotatable bonds is 4. The fourth-order valence-corrected chi connectivity index (χ4v) is 2.52. The van der Waals surface area contributed by atoms with Crippen molar-refractivity contribution in [2.24, 2.45) is 0 Å². The van der Waals surface area contributed by atoms with Gasteiger partial charge in [0.1, 0.15) is 0 Å². The third-order valence-corrected chi connectivity index (χ3v) is 3.69. The van der Waals surface area contributed by atoms with Crippen molar-refractivity contribution < 1.29 is 9.59 Å². The molecular weight excluding hydrogens is 272 g/mol. The number of anilines is 1. The summed E-state index contributed by atoms with van der Waals surface area (Å²) < 4.78 is 0. The Morgan fingerprint density at radius 3 is 2.35 bits per heavy atom. The van der Waals surface area contributed by atoms with Gasteiger partial charge in [0.2, 0.25) is 5.91 Å². The predicted octanol–water partition coefficient (Wildman–Crippen LogP) is 2.94. The van der Waals surface area contributed by atoms with Crippen LogP contribution < -0.4 is 10.6 Å². The van der Waals surface area contributed by atoms with Crippen molar-refractivity contribution >= 4 is 28.8 Å². The van der Waals surface area contributed by atoms with Gasteiger partial charge in [-0.05, 0) is 36.8 Å². The molecule has 0 bridgehead atoms. The highest BCUT2D eigenvalue weighted by atomic mass is 32.1. The molecule has 0 unspecified atom stereocenters. The Kier molecular flexibility index (Phi) is 4.53. The molecule has 0 saturated carbocycles. The average molecular weight is 288 g/mol. The molecule has 1 aromatic carbocycles. The predicted molar refractivity (Wildman–Crippen MR) is 81.0 cm³/mol. The van der Waals surface area contributed by atoms with Crippen molar-refractivity contribution in [2.45, 2.75) is 20.4 Å². The fourth-order valence-electron chi connectivity index (χ4n) is 1.74. The van der Waals surface area contributed by atoms with Gasteiger partial charge in [-0.2, -0.15) is 0 Å². The van der Waals surface area contributed by atoms with Gasteiger partial charge in [0.25, 0.3) is 5.91 Å². The number of nitrogens with one attached hydrogen (secondary N) is 2. The highest BCUT2D eigenvalue weighted by molar-refractivity contribution is 7.13. The lowest BCUT2D eigenvalue weighted by molar-refractivity contribution is -0.114. The molecule has 0 aliphatic rings. The fraction of sp³-hybridized carbons (Fsp3) is 0.200. The molecule has 0 atom stereocenters. The normalized spacial score (nSPS) is 10.1. The monoisotopic (exact) mass is 288 g/mol. The summed E-state index contributed by atoms with van der Waals surface area (Å²) in [7, 11) is 0. The van der Waals surface area contributed by atoms with Crippen LogP contribution in [0, 0.1) is 6.92 Å². The zero-order valence-electron chi connectivity index (χ0n) is 11.4. The van der Waals surface area contributed by atoms with Crippen molar-refractivity contribution in [1.29, 1.82) is 0 Å². The zero-order chi connectivity index (χ0) is 14.5. The highest BCUT2D eigenvalue weighted by Gasteiger charge is 2.07. The second kappa shape index (κ2) is 6.34. The van der Waals surface area contributed by atoms with Gasteiger partial charge >= 0.3 is 0 Å². The molecule has 0 fully saturated rings. The maximum atomic E-state index is 11.9. The van der Waals surface area contributed by atoms with Crippen LogP contribution in [0.1, 0.15) is 27.0 Å². The SMILES string of the molecule is CC(=O)Nc1ccc(CNC(=O)c2ccc(C)s2)cc1. The quantitative estimate of drug-likeness (QED) is 0.908. The molecule has 5 heteroatoms. The number of hydrogen-bond donors (Lipinski definition) is 2. The first-order chi connectivity index (χ1) is 9.54. The van der Waals surface area contributed by atoms with Crippen LogP contribution in [-0.4, -0.2) is 11.8 Å². The van der Waals surface area contributed by atoms with Crippen LogP contribution in [0.25, 0.3) is 0 Å². The summed E-state index contributed by atoms with van der Waals surface area (Å²) in [5, 5.41) is 5.57. The van der Waals surface area contributed by atoms with E-state index in [9.17, 15) is 9.59 Å². The first-order valence-corrected chi connectivity index (χ1v) is 7.07. The number of benzene rings is 1. The van der Waals surface area contributed by atoms with E-state index >= 15 is 0 Å². The van der Waals surface area contributed by atoms with Gasteiger partial charge in [-0.3, -0.25) is 9.59 Å². The van der Waals surface area contributed by atoms with E-state index in [0.29, 0.717) is 6.54 Å². The van der Waals surface area contributed by atoms with E-state index in [1.165, 1.54) is 18.3 Å². The second-order valence-corrected chi connectivity index (χ2v) is 5.76. The van der Waals surface area contributed by atoms with Crippen LogP contribution in [0.4, 0.5) is 5.69 Å². The van der Waals surface area contributed by atoms with Crippen LogP contribution >= 0.6 is 11.3 Å². The summed E-state index contributed by atoms with van der Waals surface area (Å²) in [5.74, 6) is -0.159. The minimum absolute atomic E-state index is 0.0611. The van der Waals surface area contributed by atoms with Gasteiger partial charge in [0.15, 0.2) is 0 Å². The van der Waals surface area contributed by atoms with Crippen LogP contribution in [0.5, 0.6) is 0 Å². The molecular formula is C15H16N2O2S. The van der Waals surface area contributed by atoms with E-state index < -0.39 is 0 Å². The standard InChI is InChI=1S/C15H16N2O2S/c1-10-3-8-14(20-10)15(19)16-9-12-4-6-13(7-5-12)17-11(2)18/h3-8H,9H2,1-2H3,(H,16,19)(H,17,18). The molecule has 0 radical (unpaired) electrons. The maximum Gasteiger partial charge on any atom is 0.261 e. The lowest BCUT2D eigenvalue weighted by Crippen LogP contribution is -2.21. The Morgan fingerprint density at radius 1 is 1.10 bits per heavy atom. The molecule has 20 heavy (non-hydrogen) atoms. The van der Waals surface area contributed by atoms with Gasteiger partial charge < -0.3 is 10.6 Å². The molecule has 0 saturated heterocycles. The number of thiophene rings is 1. The van der Waals surface area contributed by atoms with Crippen molar-refractivity contribution in [3.63, 3.8) is 0 Å². The summed E-state index contributed by atoms with van der Waals surface area (Å²) in [6.45, 7) is 3.91. The zero-order valence-corrected chi connectivity index (χ0v) is 12.2. The van der Waals surface area contributed by atoms with Crippen molar-refractivity contribution in [2.75, 3.05) is 5.32 Å². The second-order valence-electron chi connectivity index (χ2n) is 4.47. The van der Waals surface area contributed by atoms with Crippen LogP contribution in [0.15, 0.2) is 36.4 Å². The molecule has 0 spiro atoms. The topological polar surface area (TPSA) is 58.2 Å². The van der Waals surface area contributed by atoms with Gasteiger partial charge in [-0.25, -0.2) is 0 Å². The molecule has 1 aromatic heterocycles. The number of carbonyl (C=O) groups is 2. The van der Waals surface area contributed by atoms with Gasteiger partial charge in [0, 0.05) is 24.0 Å². The first kappa shape index (κ1) is 14.3. The highest BCUT2D eigenvalue weighted by Crippen LogP contribution is 2.15. The summed E-state index contributed by atoms with van der Waals surface area (Å²) in [6, 6.07) is 11.2. The van der Waals surface area contributed by atoms with Gasteiger partial charge in [-0.1, -0.05) is 12.1 Å². The molecule has 4 nitrogen and oxygen atoms in total. The van der Waals surface area contributed by atoms with Gasteiger partial charge in [-0.15, -0.1) is 11.3 Å². The summed E-state index contributed by atoms with van der Waals surface area (Å²) in [5.41, 5.74) is 1.74. The Hall–Kier alpha value is -2.14. The van der Waals surface area contributed by atoms with Crippen LogP contribution in [0.2, 0.25) is 0 Å². The van der Waals surface area contributed by atoms with Crippen molar-refractivity contribution in [1.82, 2.24) is 5.32 Å². The first-order valence-electron chi connectivity index (χ1n) is 6.26. The van der Waals surface area contributed by atoms with E-state index in [0.717, 1.165) is 21.0 Å². The van der Waals surface area contributed by atoms with Crippen LogP contribution in [-0.2, 0) is 11.3 Å². The number of aryl methyl sites for hydroxylation is 1. The lowest BCUT2D eigenvalue weighted by Gasteiger charge is -2.06. The number of amides is 2. The summed E-state index contributed by atoms with van der Waals surface area (Å²) >= 11 is 1.48. The Labute approximate surface area is 121 Å². The third kappa shape index (κ3) is 3.93. The van der Waals surface area contributed by atoms with Gasteiger partial charge in [0.05, 0.1) is 4.88 Å². The lowest BCUT2D eigenvalue weighted by atomic mass is 10.2. The van der Waals surface area contributed by atoms with Crippen molar-refractivity contribution in [3.05, 3.63) is 51.7 Å². The largest absolute Gasteiger partial charge is 0.347 e. The van der Waals surface area contributed by atoms with E-state index in [1.54, 1.807) is 0 Å². The molecule has 2 aromatic rings. The summed E-state index contributed by atoms with van der Waals surface area (Å²) in [6.07, 6.45) is 0. The van der Waals surface area contributed by atoms with E-state index in [-0.39, 0.29) is 11.8 Å². The molecule has 2 amide bonds. The molecule has 1 heterocycles. The molecule has 0 aliphatic heterocycles. The minimum Gasteiger partial charge on any atom is -0.347 e. The number of hydrogen-bond acceptors (Lipinski definition) is 3. The minimum atomic E-state index is -0.0980. The smallest absolute Gasteiger partial charge is 0.261 e. The van der Waals surface area contributed by atoms with Crippen LogP contribution in [0.3, 0.4) is 0 Å². The number of carbonyl (C=O) groups excluding carboxylic acids is 2. The van der Waals surface area contributed by atoms with E-state index in [2.05, 4.69) is 10.6 Å². The summed E-state index contributed by atoms with van der Waals surface area (Å²) in [4.78, 5) is 24.6. The molecule has 0 aliphatic carbocycles. The molecule has 104 valence electrons.